The van der Waals surface area contributed by atoms with Gasteiger partial charge in [0, 0.05) is 13.0 Å². The van der Waals surface area contributed by atoms with Gasteiger partial charge >= 0.3 is 0 Å². The third kappa shape index (κ3) is 3.46. The average Bonchev–Trinajstić information content (AvgIpc) is 2.90. The molecule has 0 aliphatic carbocycles. The minimum absolute atomic E-state index is 0.215. The average molecular weight is 349 g/mol. The number of hydrogen-bond donors (Lipinski definition) is 2. The van der Waals surface area contributed by atoms with Gasteiger partial charge in [0.15, 0.2) is 11.5 Å². The Labute approximate surface area is 138 Å². The summed E-state index contributed by atoms with van der Waals surface area (Å²) in [6.45, 7) is 2.12. The fourth-order valence-electron chi connectivity index (χ4n) is 2.12. The first kappa shape index (κ1) is 15.8. The number of sulfonamides is 1. The summed E-state index contributed by atoms with van der Waals surface area (Å²) in [5, 5.41) is 11.0. The number of rotatable bonds is 5. The van der Waals surface area contributed by atoms with E-state index in [2.05, 4.69) is 20.0 Å². The van der Waals surface area contributed by atoms with Crippen LogP contribution in [-0.4, -0.2) is 34.8 Å². The largest absolute Gasteiger partial charge is 0.281 e. The van der Waals surface area contributed by atoms with Gasteiger partial charge in [0.1, 0.15) is 4.64 Å². The molecule has 3 rings (SSSR count). The Balaban J connectivity index is 1.72. The highest BCUT2D eigenvalue weighted by Crippen LogP contribution is 2.10. The molecule has 0 atom stereocenters. The van der Waals surface area contributed by atoms with Crippen molar-refractivity contribution >= 4 is 27.9 Å². The van der Waals surface area contributed by atoms with Gasteiger partial charge in [0.05, 0.1) is 4.90 Å². The van der Waals surface area contributed by atoms with Gasteiger partial charge in [0.25, 0.3) is 0 Å². The van der Waals surface area contributed by atoms with Crippen molar-refractivity contribution in [2.24, 2.45) is 0 Å². The maximum atomic E-state index is 12.2. The highest BCUT2D eigenvalue weighted by Gasteiger charge is 2.14. The van der Waals surface area contributed by atoms with E-state index in [1.54, 1.807) is 40.9 Å². The molecule has 2 heterocycles. The Morgan fingerprint density at radius 2 is 1.91 bits per heavy atom. The van der Waals surface area contributed by atoms with E-state index in [1.165, 1.54) is 0 Å². The van der Waals surface area contributed by atoms with Gasteiger partial charge in [-0.25, -0.2) is 17.7 Å². The van der Waals surface area contributed by atoms with Crippen LogP contribution < -0.4 is 4.72 Å². The third-order valence-corrected chi connectivity index (χ3v) is 5.04. The van der Waals surface area contributed by atoms with Crippen LogP contribution in [0.3, 0.4) is 0 Å². The Bertz CT molecular complexity index is 990. The van der Waals surface area contributed by atoms with Crippen molar-refractivity contribution in [2.75, 3.05) is 6.54 Å². The van der Waals surface area contributed by atoms with Gasteiger partial charge in [-0.15, -0.1) is 10.2 Å². The van der Waals surface area contributed by atoms with Crippen molar-refractivity contribution < 1.29 is 8.42 Å². The molecule has 0 bridgehead atoms. The summed E-state index contributed by atoms with van der Waals surface area (Å²) in [5.74, 6) is 0.610. The van der Waals surface area contributed by atoms with E-state index in [0.717, 1.165) is 5.56 Å². The Kier molecular flexibility index (Phi) is 4.24. The number of H-pyrrole nitrogens is 1. The lowest BCUT2D eigenvalue weighted by molar-refractivity contribution is 0.580. The number of nitrogens with one attached hydrogen (secondary N) is 2. The predicted molar refractivity (Wildman–Crippen MR) is 88.2 cm³/mol. The number of fused-ring (bicyclic) bond motifs is 1. The molecule has 120 valence electrons. The van der Waals surface area contributed by atoms with Crippen molar-refractivity contribution in [2.45, 2.75) is 18.2 Å². The Morgan fingerprint density at radius 3 is 2.65 bits per heavy atom. The van der Waals surface area contributed by atoms with Gasteiger partial charge in [-0.2, -0.15) is 0 Å². The van der Waals surface area contributed by atoms with Crippen LogP contribution in [-0.2, 0) is 16.4 Å². The minimum Gasteiger partial charge on any atom is -0.281 e. The summed E-state index contributed by atoms with van der Waals surface area (Å²) < 4.78 is 29.2. The van der Waals surface area contributed by atoms with Gasteiger partial charge in [-0.1, -0.05) is 29.9 Å². The molecule has 0 spiro atoms. The Hall–Kier alpha value is -2.10. The summed E-state index contributed by atoms with van der Waals surface area (Å²) in [6, 6.07) is 10.2. The second kappa shape index (κ2) is 6.19. The highest BCUT2D eigenvalue weighted by molar-refractivity contribution is 7.89. The summed E-state index contributed by atoms with van der Waals surface area (Å²) in [6.07, 6.45) is 0.390. The normalized spacial score (nSPS) is 11.9. The molecule has 0 amide bonds. The zero-order valence-corrected chi connectivity index (χ0v) is 14.0. The lowest BCUT2D eigenvalue weighted by Gasteiger charge is -2.06. The maximum Gasteiger partial charge on any atom is 0.240 e. The van der Waals surface area contributed by atoms with Crippen molar-refractivity contribution in [1.29, 1.82) is 0 Å². The molecular weight excluding hydrogens is 334 g/mol. The number of benzene rings is 1. The molecule has 0 unspecified atom stereocenters. The van der Waals surface area contributed by atoms with Crippen LogP contribution >= 0.6 is 12.2 Å². The second-order valence-electron chi connectivity index (χ2n) is 5.08. The van der Waals surface area contributed by atoms with Crippen LogP contribution in [0.25, 0.3) is 5.65 Å². The molecule has 0 saturated carbocycles. The maximum absolute atomic E-state index is 12.2. The summed E-state index contributed by atoms with van der Waals surface area (Å²) in [5.41, 5.74) is 1.64. The molecule has 0 aliphatic rings. The van der Waals surface area contributed by atoms with Crippen LogP contribution in [0.4, 0.5) is 0 Å². The second-order valence-corrected chi connectivity index (χ2v) is 7.29. The van der Waals surface area contributed by atoms with Crippen LogP contribution in [0.5, 0.6) is 0 Å². The van der Waals surface area contributed by atoms with E-state index in [9.17, 15) is 8.42 Å². The van der Waals surface area contributed by atoms with Crippen LogP contribution in [0.1, 0.15) is 11.4 Å². The van der Waals surface area contributed by atoms with E-state index in [4.69, 9.17) is 12.2 Å². The molecule has 0 saturated heterocycles. The molecule has 9 heteroatoms. The number of hydrogen-bond acceptors (Lipinski definition) is 5. The topological polar surface area (TPSA) is 92.2 Å². The third-order valence-electron chi connectivity index (χ3n) is 3.33. The van der Waals surface area contributed by atoms with Gasteiger partial charge < -0.3 is 0 Å². The molecule has 3 aromatic rings. The molecule has 2 aromatic heterocycles. The first-order valence-electron chi connectivity index (χ1n) is 6.95. The van der Waals surface area contributed by atoms with Crippen molar-refractivity contribution in [1.82, 2.24) is 24.5 Å². The minimum atomic E-state index is -3.53. The SMILES string of the molecule is Cc1ccc(S(=O)(=O)NCCc2nnc3ccc(=S)[nH]n23)cc1. The van der Waals surface area contributed by atoms with Crippen molar-refractivity contribution in [3.63, 3.8) is 0 Å². The van der Waals surface area contributed by atoms with Crippen LogP contribution in [0.2, 0.25) is 0 Å². The zero-order valence-electron chi connectivity index (χ0n) is 12.4. The molecule has 23 heavy (non-hydrogen) atoms. The van der Waals surface area contributed by atoms with Crippen molar-refractivity contribution in [3.05, 3.63) is 52.4 Å². The van der Waals surface area contributed by atoms with E-state index in [0.29, 0.717) is 22.5 Å². The van der Waals surface area contributed by atoms with Crippen LogP contribution in [0.15, 0.2) is 41.3 Å². The lowest BCUT2D eigenvalue weighted by Crippen LogP contribution is -2.26. The zero-order chi connectivity index (χ0) is 16.4. The standard InChI is InChI=1S/C14H15N5O2S2/c1-10-2-4-11(5-3-10)23(20,21)15-9-8-13-17-16-12-6-7-14(22)18-19(12)13/h2-7,15H,8-9H2,1H3,(H,18,22). The number of nitrogens with zero attached hydrogens (tertiary/aromatic N) is 3. The van der Waals surface area contributed by atoms with E-state index >= 15 is 0 Å². The molecule has 7 nitrogen and oxygen atoms in total. The first-order chi connectivity index (χ1) is 11.0. The number of aromatic nitrogens is 4. The smallest absolute Gasteiger partial charge is 0.240 e. The van der Waals surface area contributed by atoms with Gasteiger partial charge in [-0.3, -0.25) is 5.10 Å². The van der Waals surface area contributed by atoms with E-state index in [1.807, 2.05) is 6.92 Å². The molecule has 0 fully saturated rings. The highest BCUT2D eigenvalue weighted by atomic mass is 32.2. The Morgan fingerprint density at radius 1 is 1.17 bits per heavy atom. The molecule has 0 radical (unpaired) electrons. The summed E-state index contributed by atoms with van der Waals surface area (Å²) in [7, 11) is -3.53. The van der Waals surface area contributed by atoms with Gasteiger partial charge in [0.2, 0.25) is 10.0 Å². The van der Waals surface area contributed by atoms with Gasteiger partial charge in [-0.05, 0) is 31.2 Å². The number of aromatic amines is 1. The molecule has 0 aliphatic heterocycles. The quantitative estimate of drug-likeness (QED) is 0.683. The number of aryl methyl sites for hydroxylation is 1. The fraction of sp³-hybridized carbons (Fsp3) is 0.214. The van der Waals surface area contributed by atoms with Crippen molar-refractivity contribution in [3.8, 4) is 0 Å². The van der Waals surface area contributed by atoms with E-state index < -0.39 is 10.0 Å². The summed E-state index contributed by atoms with van der Waals surface area (Å²) >= 11 is 5.07. The first-order valence-corrected chi connectivity index (χ1v) is 8.84. The lowest BCUT2D eigenvalue weighted by atomic mass is 10.2. The molecular formula is C14H15N5O2S2. The fourth-order valence-corrected chi connectivity index (χ4v) is 3.31. The van der Waals surface area contributed by atoms with Crippen LogP contribution in [0, 0.1) is 11.6 Å². The van der Waals surface area contributed by atoms with E-state index in [-0.39, 0.29) is 11.4 Å². The summed E-state index contributed by atoms with van der Waals surface area (Å²) in [4.78, 5) is 0.244. The monoisotopic (exact) mass is 349 g/mol. The molecule has 2 N–H and O–H groups in total. The molecule has 1 aromatic carbocycles. The predicted octanol–water partition coefficient (Wildman–Crippen LogP) is 1.62.